The van der Waals surface area contributed by atoms with Crippen molar-refractivity contribution >= 4 is 64.8 Å². The number of fused-ring (bicyclic) bond motifs is 1. The van der Waals surface area contributed by atoms with Crippen LogP contribution < -0.4 is 16.4 Å². The molecular formula is C13H11Cl3N4OS. The Morgan fingerprint density at radius 3 is 2.55 bits per heavy atom. The molecule has 0 radical (unpaired) electrons. The minimum atomic E-state index is -0.582. The number of rotatable bonds is 1. The first-order valence-corrected chi connectivity index (χ1v) is 7.56. The number of hydrogen-bond donors (Lipinski definition) is 2. The largest absolute Gasteiger partial charge is 0.399 e. The van der Waals surface area contributed by atoms with Crippen LogP contribution in [0.1, 0.15) is 10.9 Å². The van der Waals surface area contributed by atoms with Gasteiger partial charge in [-0.05, 0) is 18.2 Å². The number of halogens is 3. The summed E-state index contributed by atoms with van der Waals surface area (Å²) in [6.45, 7) is 0. The van der Waals surface area contributed by atoms with E-state index >= 15 is 0 Å². The van der Waals surface area contributed by atoms with Gasteiger partial charge in [-0.2, -0.15) is 0 Å². The van der Waals surface area contributed by atoms with Crippen LogP contribution in [-0.4, -0.2) is 11.0 Å². The average Bonchev–Trinajstić information content (AvgIpc) is 2.76. The van der Waals surface area contributed by atoms with Crippen molar-refractivity contribution in [2.24, 2.45) is 5.73 Å². The maximum atomic E-state index is 11.8. The van der Waals surface area contributed by atoms with Crippen LogP contribution >= 0.6 is 47.4 Å². The number of urea groups is 1. The minimum Gasteiger partial charge on any atom is -0.399 e. The van der Waals surface area contributed by atoms with Gasteiger partial charge in [0.1, 0.15) is 5.37 Å². The van der Waals surface area contributed by atoms with Crippen molar-refractivity contribution in [3.63, 3.8) is 0 Å². The van der Waals surface area contributed by atoms with Gasteiger partial charge in [0.25, 0.3) is 0 Å². The third-order valence-electron chi connectivity index (χ3n) is 3.08. The summed E-state index contributed by atoms with van der Waals surface area (Å²) in [5, 5.41) is 0.344. The van der Waals surface area contributed by atoms with Crippen LogP contribution in [0.5, 0.6) is 0 Å². The predicted octanol–water partition coefficient (Wildman–Crippen LogP) is 4.08. The molecule has 0 aliphatic carbocycles. The summed E-state index contributed by atoms with van der Waals surface area (Å²) in [6, 6.07) is 4.35. The van der Waals surface area contributed by atoms with Crippen LogP contribution in [0.2, 0.25) is 10.0 Å². The zero-order valence-corrected chi connectivity index (χ0v) is 14.1. The monoisotopic (exact) mass is 376 g/mol. The van der Waals surface area contributed by atoms with Gasteiger partial charge in [0.15, 0.2) is 0 Å². The second-order valence-electron chi connectivity index (χ2n) is 4.42. The quantitative estimate of drug-likeness (QED) is 0.733. The number of benzene rings is 1. The third-order valence-corrected chi connectivity index (χ3v) is 4.94. The van der Waals surface area contributed by atoms with Crippen molar-refractivity contribution in [2.45, 2.75) is 10.3 Å². The van der Waals surface area contributed by atoms with Gasteiger partial charge < -0.3 is 11.5 Å². The zero-order chi connectivity index (χ0) is 15.1. The zero-order valence-electron chi connectivity index (χ0n) is 11.0. The van der Waals surface area contributed by atoms with E-state index < -0.39 is 11.4 Å². The molecule has 0 bridgehead atoms. The number of carbonyl (C=O) groups is 1. The van der Waals surface area contributed by atoms with Crippen LogP contribution in [0.4, 0.5) is 16.2 Å². The van der Waals surface area contributed by atoms with Gasteiger partial charge in [0.05, 0.1) is 20.6 Å². The number of carbonyl (C=O) groups excluding carboxylic acids is 1. The van der Waals surface area contributed by atoms with E-state index in [1.807, 2.05) is 0 Å². The molecule has 1 aliphatic heterocycles. The average molecular weight is 378 g/mol. The maximum Gasteiger partial charge on any atom is 0.320 e. The molecule has 1 aliphatic rings. The van der Waals surface area contributed by atoms with E-state index in [0.29, 0.717) is 27.0 Å². The lowest BCUT2D eigenvalue weighted by Gasteiger charge is -2.24. The molecule has 2 heterocycles. The molecule has 1 aromatic carbocycles. The molecule has 5 nitrogen and oxygen atoms in total. The van der Waals surface area contributed by atoms with Crippen LogP contribution in [0.15, 0.2) is 35.5 Å². The first-order chi connectivity index (χ1) is 9.99. The first kappa shape index (κ1) is 17.0. The number of pyridine rings is 1. The lowest BCUT2D eigenvalue weighted by atomic mass is 10.1. The van der Waals surface area contributed by atoms with Gasteiger partial charge in [-0.15, -0.1) is 12.4 Å². The van der Waals surface area contributed by atoms with E-state index in [1.54, 1.807) is 30.6 Å². The normalized spacial score (nSPS) is 16.1. The Morgan fingerprint density at radius 2 is 1.95 bits per heavy atom. The van der Waals surface area contributed by atoms with Gasteiger partial charge in [0, 0.05) is 23.6 Å². The molecule has 0 spiro atoms. The highest BCUT2D eigenvalue weighted by Crippen LogP contribution is 2.53. The molecule has 0 fully saturated rings. The highest BCUT2D eigenvalue weighted by molar-refractivity contribution is 8.00. The molecule has 116 valence electrons. The number of nitrogens with two attached hydrogens (primary N) is 2. The number of anilines is 2. The number of thioether (sulfide) groups is 1. The van der Waals surface area contributed by atoms with E-state index in [-0.39, 0.29) is 12.4 Å². The van der Waals surface area contributed by atoms with Gasteiger partial charge in [0.2, 0.25) is 0 Å². The van der Waals surface area contributed by atoms with Crippen molar-refractivity contribution in [3.8, 4) is 0 Å². The standard InChI is InChI=1S/C13H10Cl2N4OS.ClH/c14-7-3-6(16)4-8(15)11(7)12-19(13(17)20)9-1-2-18-5-10(9)21-12;/h1-5,12H,16H2,(H2,17,20);1H. The summed E-state index contributed by atoms with van der Waals surface area (Å²) in [5.74, 6) is 0. The molecule has 1 aromatic heterocycles. The molecule has 2 amide bonds. The van der Waals surface area contributed by atoms with E-state index in [0.717, 1.165) is 4.90 Å². The molecular weight excluding hydrogens is 367 g/mol. The smallest absolute Gasteiger partial charge is 0.320 e. The van der Waals surface area contributed by atoms with E-state index in [4.69, 9.17) is 34.7 Å². The molecule has 0 saturated carbocycles. The fourth-order valence-electron chi connectivity index (χ4n) is 2.22. The highest BCUT2D eigenvalue weighted by Gasteiger charge is 2.37. The van der Waals surface area contributed by atoms with Crippen LogP contribution in [-0.2, 0) is 0 Å². The fourth-order valence-corrected chi connectivity index (χ4v) is 4.41. The van der Waals surface area contributed by atoms with Crippen molar-refractivity contribution in [3.05, 3.63) is 46.2 Å². The van der Waals surface area contributed by atoms with Gasteiger partial charge in [-0.25, -0.2) is 4.79 Å². The Hall–Kier alpha value is -1.34. The number of primary amides is 1. The van der Waals surface area contributed by atoms with Crippen LogP contribution in [0, 0.1) is 0 Å². The summed E-state index contributed by atoms with van der Waals surface area (Å²) >= 11 is 13.9. The molecule has 4 N–H and O–H groups in total. The van der Waals surface area contributed by atoms with Crippen molar-refractivity contribution < 1.29 is 4.79 Å². The SMILES string of the molecule is Cl.NC(=O)N1c2ccncc2SC1c1c(Cl)cc(N)cc1Cl. The first-order valence-electron chi connectivity index (χ1n) is 5.93. The van der Waals surface area contributed by atoms with E-state index in [2.05, 4.69) is 4.98 Å². The van der Waals surface area contributed by atoms with Crippen molar-refractivity contribution in [1.29, 1.82) is 0 Å². The molecule has 1 atom stereocenters. The summed E-state index contributed by atoms with van der Waals surface area (Å²) in [4.78, 5) is 18.2. The number of nitrogens with zero attached hydrogens (tertiary/aromatic N) is 2. The molecule has 1 unspecified atom stereocenters. The van der Waals surface area contributed by atoms with Crippen LogP contribution in [0.3, 0.4) is 0 Å². The Morgan fingerprint density at radius 1 is 1.32 bits per heavy atom. The fraction of sp³-hybridized carbons (Fsp3) is 0.0769. The summed E-state index contributed by atoms with van der Waals surface area (Å²) < 4.78 is 0. The van der Waals surface area contributed by atoms with Crippen molar-refractivity contribution in [1.82, 2.24) is 4.98 Å². The molecule has 3 rings (SSSR count). The summed E-state index contributed by atoms with van der Waals surface area (Å²) in [6.07, 6.45) is 3.28. The molecule has 22 heavy (non-hydrogen) atoms. The van der Waals surface area contributed by atoms with Gasteiger partial charge >= 0.3 is 6.03 Å². The summed E-state index contributed by atoms with van der Waals surface area (Å²) in [7, 11) is 0. The van der Waals surface area contributed by atoms with E-state index in [9.17, 15) is 4.79 Å². The Bertz CT molecular complexity index is 720. The second-order valence-corrected chi connectivity index (χ2v) is 6.36. The number of nitrogen functional groups attached to an aromatic ring is 1. The Labute approximate surface area is 147 Å². The van der Waals surface area contributed by atoms with Gasteiger partial charge in [-0.1, -0.05) is 35.0 Å². The predicted molar refractivity (Wildman–Crippen MR) is 93.0 cm³/mol. The number of hydrogen-bond acceptors (Lipinski definition) is 4. The number of aromatic nitrogens is 1. The molecule has 0 saturated heterocycles. The highest BCUT2D eigenvalue weighted by atomic mass is 35.5. The Kier molecular flexibility index (Phi) is 4.97. The molecule has 9 heteroatoms. The van der Waals surface area contributed by atoms with E-state index in [1.165, 1.54) is 16.7 Å². The molecule has 2 aromatic rings. The van der Waals surface area contributed by atoms with Gasteiger partial charge in [-0.3, -0.25) is 9.88 Å². The second kappa shape index (κ2) is 6.42. The van der Waals surface area contributed by atoms with Crippen LogP contribution in [0.25, 0.3) is 0 Å². The lowest BCUT2D eigenvalue weighted by molar-refractivity contribution is 0.253. The lowest BCUT2D eigenvalue weighted by Crippen LogP contribution is -2.35. The third kappa shape index (κ3) is 2.79. The maximum absolute atomic E-state index is 11.8. The van der Waals surface area contributed by atoms with Crippen molar-refractivity contribution in [2.75, 3.05) is 10.6 Å². The summed E-state index contributed by atoms with van der Waals surface area (Å²) in [5.41, 5.74) is 13.0. The topological polar surface area (TPSA) is 85.2 Å². The minimum absolute atomic E-state index is 0. The number of amides is 2. The Balaban J connectivity index is 0.00000176.